The van der Waals surface area contributed by atoms with Crippen molar-refractivity contribution in [2.75, 3.05) is 6.61 Å². The molecule has 0 saturated carbocycles. The number of benzene rings is 3. The van der Waals surface area contributed by atoms with E-state index in [1.165, 1.54) is 0 Å². The van der Waals surface area contributed by atoms with Crippen LogP contribution in [0.1, 0.15) is 18.4 Å². The smallest absolute Gasteiger partial charge is 0.303 e. The fourth-order valence-electron chi connectivity index (χ4n) is 2.54. The topological polar surface area (TPSA) is 55.8 Å². The Kier molecular flexibility index (Phi) is 5.52. The van der Waals surface area contributed by atoms with Gasteiger partial charge in [0.15, 0.2) is 0 Å². The maximum atomic E-state index is 10.5. The molecule has 0 atom stereocenters. The summed E-state index contributed by atoms with van der Waals surface area (Å²) in [5.74, 6) is 0.736. The standard InChI is InChI=1S/C21H20O4/c22-21(23)7-4-12-24-19-10-8-17-9-11-20(14-18(17)13-19)25-15-16-5-2-1-3-6-16/h1-3,5-6,8-11,13-14H,4,7,12,15H2,(H,22,23). The molecular formula is C21H20O4. The minimum Gasteiger partial charge on any atom is -0.494 e. The Labute approximate surface area is 146 Å². The largest absolute Gasteiger partial charge is 0.494 e. The van der Waals surface area contributed by atoms with Crippen molar-refractivity contribution < 1.29 is 19.4 Å². The summed E-state index contributed by atoms with van der Waals surface area (Å²) in [6, 6.07) is 21.8. The second-order valence-electron chi connectivity index (χ2n) is 5.79. The van der Waals surface area contributed by atoms with Gasteiger partial charge in [-0.15, -0.1) is 0 Å². The van der Waals surface area contributed by atoms with Crippen molar-refractivity contribution in [1.29, 1.82) is 0 Å². The van der Waals surface area contributed by atoms with Gasteiger partial charge in [-0.25, -0.2) is 0 Å². The van der Waals surface area contributed by atoms with Gasteiger partial charge < -0.3 is 14.6 Å². The first kappa shape index (κ1) is 16.8. The molecule has 25 heavy (non-hydrogen) atoms. The van der Waals surface area contributed by atoms with Crippen LogP contribution < -0.4 is 9.47 Å². The van der Waals surface area contributed by atoms with Crippen molar-refractivity contribution in [2.24, 2.45) is 0 Å². The Balaban J connectivity index is 1.64. The fraction of sp³-hybridized carbons (Fsp3) is 0.190. The van der Waals surface area contributed by atoms with Crippen LogP contribution in [0, 0.1) is 0 Å². The van der Waals surface area contributed by atoms with Crippen molar-refractivity contribution in [2.45, 2.75) is 19.4 Å². The van der Waals surface area contributed by atoms with Crippen molar-refractivity contribution in [3.63, 3.8) is 0 Å². The van der Waals surface area contributed by atoms with Gasteiger partial charge in [0.2, 0.25) is 0 Å². The first-order valence-corrected chi connectivity index (χ1v) is 8.26. The highest BCUT2D eigenvalue weighted by Gasteiger charge is 2.02. The molecule has 0 spiro atoms. The van der Waals surface area contributed by atoms with Crippen LogP contribution in [0.3, 0.4) is 0 Å². The van der Waals surface area contributed by atoms with Crippen LogP contribution in [0.4, 0.5) is 0 Å². The summed E-state index contributed by atoms with van der Waals surface area (Å²) < 4.78 is 11.5. The van der Waals surface area contributed by atoms with Crippen LogP contribution in [0.2, 0.25) is 0 Å². The molecule has 3 aromatic carbocycles. The summed E-state index contributed by atoms with van der Waals surface area (Å²) in [6.07, 6.45) is 0.610. The van der Waals surface area contributed by atoms with E-state index in [-0.39, 0.29) is 6.42 Å². The maximum Gasteiger partial charge on any atom is 0.303 e. The zero-order valence-corrected chi connectivity index (χ0v) is 13.9. The molecule has 0 heterocycles. The lowest BCUT2D eigenvalue weighted by Crippen LogP contribution is -2.02. The molecule has 0 aliphatic carbocycles. The predicted molar refractivity (Wildman–Crippen MR) is 97.1 cm³/mol. The van der Waals surface area contributed by atoms with Gasteiger partial charge >= 0.3 is 5.97 Å². The van der Waals surface area contributed by atoms with Crippen molar-refractivity contribution in [3.05, 3.63) is 72.3 Å². The predicted octanol–water partition coefficient (Wildman–Crippen LogP) is 4.66. The van der Waals surface area contributed by atoms with Crippen molar-refractivity contribution in [1.82, 2.24) is 0 Å². The Morgan fingerprint density at radius 1 is 0.840 bits per heavy atom. The first-order chi connectivity index (χ1) is 12.2. The van der Waals surface area contributed by atoms with Gasteiger partial charge in [-0.3, -0.25) is 4.79 Å². The lowest BCUT2D eigenvalue weighted by molar-refractivity contribution is -0.137. The summed E-state index contributed by atoms with van der Waals surface area (Å²) in [5.41, 5.74) is 1.12. The fourth-order valence-corrected chi connectivity index (χ4v) is 2.54. The van der Waals surface area contributed by atoms with Crippen LogP contribution in [-0.4, -0.2) is 17.7 Å². The summed E-state index contributed by atoms with van der Waals surface area (Å²) in [5, 5.41) is 10.8. The molecule has 0 aliphatic rings. The summed E-state index contributed by atoms with van der Waals surface area (Å²) >= 11 is 0. The van der Waals surface area contributed by atoms with E-state index in [1.54, 1.807) is 0 Å². The highest BCUT2D eigenvalue weighted by Crippen LogP contribution is 2.25. The molecular weight excluding hydrogens is 316 g/mol. The average molecular weight is 336 g/mol. The van der Waals surface area contributed by atoms with Crippen LogP contribution in [0.25, 0.3) is 10.8 Å². The molecule has 0 saturated heterocycles. The number of hydrogen-bond donors (Lipinski definition) is 1. The SMILES string of the molecule is O=C(O)CCCOc1ccc2ccc(OCc3ccccc3)cc2c1. The number of carboxylic acid groups (broad SMARTS) is 1. The van der Waals surface area contributed by atoms with E-state index in [0.29, 0.717) is 19.6 Å². The molecule has 1 N–H and O–H groups in total. The lowest BCUT2D eigenvalue weighted by Gasteiger charge is -2.09. The second-order valence-corrected chi connectivity index (χ2v) is 5.79. The van der Waals surface area contributed by atoms with E-state index in [1.807, 2.05) is 66.7 Å². The third kappa shape index (κ3) is 4.98. The highest BCUT2D eigenvalue weighted by molar-refractivity contribution is 5.85. The molecule has 0 aliphatic heterocycles. The molecule has 0 amide bonds. The molecule has 0 fully saturated rings. The highest BCUT2D eigenvalue weighted by atomic mass is 16.5. The molecule has 3 rings (SSSR count). The minimum absolute atomic E-state index is 0.116. The van der Waals surface area contributed by atoms with Gasteiger partial charge in [-0.1, -0.05) is 42.5 Å². The Morgan fingerprint density at radius 3 is 2.20 bits per heavy atom. The van der Waals surface area contributed by atoms with E-state index >= 15 is 0 Å². The van der Waals surface area contributed by atoms with Gasteiger partial charge in [-0.05, 0) is 47.0 Å². The van der Waals surface area contributed by atoms with Gasteiger partial charge in [0.1, 0.15) is 18.1 Å². The van der Waals surface area contributed by atoms with Crippen molar-refractivity contribution in [3.8, 4) is 11.5 Å². The number of carboxylic acids is 1. The number of rotatable bonds is 8. The van der Waals surface area contributed by atoms with Crippen LogP contribution >= 0.6 is 0 Å². The van der Waals surface area contributed by atoms with Gasteiger partial charge in [-0.2, -0.15) is 0 Å². The third-order valence-corrected chi connectivity index (χ3v) is 3.84. The van der Waals surface area contributed by atoms with Crippen molar-refractivity contribution >= 4 is 16.7 Å². The first-order valence-electron chi connectivity index (χ1n) is 8.26. The number of ether oxygens (including phenoxy) is 2. The van der Waals surface area contributed by atoms with E-state index in [9.17, 15) is 4.79 Å². The number of carbonyl (C=O) groups is 1. The zero-order chi connectivity index (χ0) is 17.5. The summed E-state index contributed by atoms with van der Waals surface area (Å²) in [7, 11) is 0. The molecule has 0 bridgehead atoms. The maximum absolute atomic E-state index is 10.5. The van der Waals surface area contributed by atoms with Gasteiger partial charge in [0.05, 0.1) is 6.61 Å². The lowest BCUT2D eigenvalue weighted by atomic mass is 10.1. The monoisotopic (exact) mass is 336 g/mol. The molecule has 3 aromatic rings. The Bertz CT molecular complexity index is 843. The third-order valence-electron chi connectivity index (χ3n) is 3.84. The summed E-state index contributed by atoms with van der Waals surface area (Å²) in [6.45, 7) is 0.916. The Hall–Kier alpha value is -3.01. The van der Waals surface area contributed by atoms with E-state index in [2.05, 4.69) is 0 Å². The molecule has 128 valence electrons. The number of fused-ring (bicyclic) bond motifs is 1. The zero-order valence-electron chi connectivity index (χ0n) is 13.9. The molecule has 4 heteroatoms. The second kappa shape index (κ2) is 8.20. The van der Waals surface area contributed by atoms with Gasteiger partial charge in [0, 0.05) is 6.42 Å². The summed E-state index contributed by atoms with van der Waals surface area (Å²) in [4.78, 5) is 10.5. The minimum atomic E-state index is -0.803. The van der Waals surface area contributed by atoms with E-state index < -0.39 is 5.97 Å². The molecule has 0 radical (unpaired) electrons. The van der Waals surface area contributed by atoms with Gasteiger partial charge in [0.25, 0.3) is 0 Å². The number of hydrogen-bond acceptors (Lipinski definition) is 3. The molecule has 4 nitrogen and oxygen atoms in total. The van der Waals surface area contributed by atoms with E-state index in [0.717, 1.165) is 27.8 Å². The molecule has 0 aromatic heterocycles. The van der Waals surface area contributed by atoms with Crippen LogP contribution in [0.5, 0.6) is 11.5 Å². The average Bonchev–Trinajstić information content (AvgIpc) is 2.64. The quantitative estimate of drug-likeness (QED) is 0.608. The normalized spacial score (nSPS) is 10.6. The Morgan fingerprint density at radius 2 is 1.52 bits per heavy atom. The molecule has 0 unspecified atom stereocenters. The van der Waals surface area contributed by atoms with Crippen LogP contribution in [0.15, 0.2) is 66.7 Å². The van der Waals surface area contributed by atoms with Crippen LogP contribution in [-0.2, 0) is 11.4 Å². The van der Waals surface area contributed by atoms with E-state index in [4.69, 9.17) is 14.6 Å². The number of aliphatic carboxylic acids is 1.